The van der Waals surface area contributed by atoms with E-state index in [1.165, 1.54) is 16.5 Å². The van der Waals surface area contributed by atoms with Crippen molar-refractivity contribution in [2.45, 2.75) is 26.8 Å². The van der Waals surface area contributed by atoms with Gasteiger partial charge in [-0.05, 0) is 26.0 Å². The zero-order chi connectivity index (χ0) is 18.6. The molecule has 0 bridgehead atoms. The van der Waals surface area contributed by atoms with Crippen molar-refractivity contribution in [2.75, 3.05) is 11.4 Å². The number of carboxylic acids is 1. The highest BCUT2D eigenvalue weighted by atomic mass is 16.6. The van der Waals surface area contributed by atoms with E-state index in [-0.39, 0.29) is 24.3 Å². The van der Waals surface area contributed by atoms with Crippen molar-refractivity contribution < 1.29 is 19.6 Å². The second kappa shape index (κ2) is 7.56. The lowest BCUT2D eigenvalue weighted by Gasteiger charge is -2.21. The first-order chi connectivity index (χ1) is 11.8. The van der Waals surface area contributed by atoms with Crippen molar-refractivity contribution in [2.24, 2.45) is 0 Å². The molecule has 9 nitrogen and oxygen atoms in total. The molecule has 0 aliphatic carbocycles. The Balaban J connectivity index is 2.15. The van der Waals surface area contributed by atoms with E-state index in [0.717, 1.165) is 0 Å². The number of carbonyl (C=O) groups excluding carboxylic acids is 1. The number of aryl methyl sites for hydroxylation is 2. The summed E-state index contributed by atoms with van der Waals surface area (Å²) in [7, 11) is 0. The summed E-state index contributed by atoms with van der Waals surface area (Å²) in [4.78, 5) is 35.2. The van der Waals surface area contributed by atoms with Gasteiger partial charge in [-0.3, -0.25) is 24.4 Å². The highest BCUT2D eigenvalue weighted by Crippen LogP contribution is 2.22. The maximum absolute atomic E-state index is 12.5. The molecular weight excluding hydrogens is 328 g/mol. The van der Waals surface area contributed by atoms with Crippen LogP contribution in [0, 0.1) is 24.0 Å². The average molecular weight is 346 g/mol. The molecule has 1 aromatic carbocycles. The second-order valence-corrected chi connectivity index (χ2v) is 5.46. The van der Waals surface area contributed by atoms with Gasteiger partial charge < -0.3 is 10.0 Å². The maximum atomic E-state index is 12.5. The average Bonchev–Trinajstić information content (AvgIpc) is 2.85. The van der Waals surface area contributed by atoms with E-state index < -0.39 is 23.3 Å². The molecule has 0 atom stereocenters. The van der Waals surface area contributed by atoms with Crippen LogP contribution in [0.5, 0.6) is 0 Å². The Kier molecular flexibility index (Phi) is 5.48. The summed E-state index contributed by atoms with van der Waals surface area (Å²) in [6.45, 7) is 2.77. The Labute approximate surface area is 143 Å². The molecule has 25 heavy (non-hydrogen) atoms. The van der Waals surface area contributed by atoms with E-state index in [4.69, 9.17) is 5.11 Å². The van der Waals surface area contributed by atoms with Crippen molar-refractivity contribution >= 4 is 23.3 Å². The molecule has 0 aliphatic rings. The Hall–Kier alpha value is -3.23. The summed E-state index contributed by atoms with van der Waals surface area (Å²) >= 11 is 0. The number of anilines is 1. The van der Waals surface area contributed by atoms with Crippen LogP contribution in [0.1, 0.15) is 17.8 Å². The first kappa shape index (κ1) is 18.1. The molecule has 1 aromatic heterocycles. The molecule has 9 heteroatoms. The number of amides is 1. The minimum absolute atomic E-state index is 0.0265. The summed E-state index contributed by atoms with van der Waals surface area (Å²) < 4.78 is 1.40. The zero-order valence-corrected chi connectivity index (χ0v) is 13.9. The predicted molar refractivity (Wildman–Crippen MR) is 89.4 cm³/mol. The Bertz CT molecular complexity index is 800. The fourth-order valence-electron chi connectivity index (χ4n) is 2.57. The number of carbonyl (C=O) groups is 2. The van der Waals surface area contributed by atoms with E-state index in [1.807, 2.05) is 0 Å². The van der Waals surface area contributed by atoms with Crippen LogP contribution >= 0.6 is 0 Å². The van der Waals surface area contributed by atoms with Crippen LogP contribution in [0.3, 0.4) is 0 Å². The third kappa shape index (κ3) is 4.19. The highest BCUT2D eigenvalue weighted by molar-refractivity contribution is 5.97. The predicted octanol–water partition coefficient (Wildman–Crippen LogP) is 1.92. The van der Waals surface area contributed by atoms with Gasteiger partial charge in [-0.2, -0.15) is 5.10 Å². The molecule has 1 heterocycles. The van der Waals surface area contributed by atoms with Gasteiger partial charge >= 0.3 is 11.7 Å². The largest absolute Gasteiger partial charge is 0.480 e. The lowest BCUT2D eigenvalue weighted by molar-refractivity contribution is -0.386. The van der Waals surface area contributed by atoms with Crippen LogP contribution in [-0.2, 0) is 16.1 Å². The number of nitrogens with zero attached hydrogens (tertiary/aromatic N) is 4. The third-order valence-electron chi connectivity index (χ3n) is 3.73. The lowest BCUT2D eigenvalue weighted by atomic mass is 10.2. The molecule has 132 valence electrons. The Morgan fingerprint density at radius 2 is 1.92 bits per heavy atom. The van der Waals surface area contributed by atoms with Crippen LogP contribution in [0.15, 0.2) is 30.3 Å². The van der Waals surface area contributed by atoms with Crippen molar-refractivity contribution in [1.29, 1.82) is 0 Å². The highest BCUT2D eigenvalue weighted by Gasteiger charge is 2.23. The molecule has 0 saturated carbocycles. The molecule has 1 N–H and O–H groups in total. The van der Waals surface area contributed by atoms with Crippen LogP contribution in [0.4, 0.5) is 11.4 Å². The van der Waals surface area contributed by atoms with Gasteiger partial charge in [0.2, 0.25) is 5.91 Å². The number of para-hydroxylation sites is 1. The molecule has 1 amide bonds. The number of benzene rings is 1. The molecule has 2 rings (SSSR count). The van der Waals surface area contributed by atoms with Crippen molar-refractivity contribution in [1.82, 2.24) is 9.78 Å². The number of carboxylic acid groups (broad SMARTS) is 1. The van der Waals surface area contributed by atoms with E-state index in [1.54, 1.807) is 37.3 Å². The Morgan fingerprint density at radius 1 is 1.28 bits per heavy atom. The maximum Gasteiger partial charge on any atom is 0.323 e. The molecule has 2 aromatic rings. The number of nitro groups is 1. The van der Waals surface area contributed by atoms with Crippen LogP contribution in [0.25, 0.3) is 0 Å². The molecule has 0 fully saturated rings. The van der Waals surface area contributed by atoms with Crippen molar-refractivity contribution in [3.8, 4) is 0 Å². The van der Waals surface area contributed by atoms with Gasteiger partial charge in [0, 0.05) is 12.1 Å². The third-order valence-corrected chi connectivity index (χ3v) is 3.73. The quantitative estimate of drug-likeness (QED) is 0.604. The van der Waals surface area contributed by atoms with Crippen LogP contribution < -0.4 is 4.90 Å². The van der Waals surface area contributed by atoms with E-state index in [2.05, 4.69) is 5.10 Å². The van der Waals surface area contributed by atoms with E-state index >= 15 is 0 Å². The molecule has 0 unspecified atom stereocenters. The summed E-state index contributed by atoms with van der Waals surface area (Å²) in [6, 6.07) is 8.48. The summed E-state index contributed by atoms with van der Waals surface area (Å²) in [5.41, 5.74) is 1.05. The van der Waals surface area contributed by atoms with E-state index in [9.17, 15) is 19.7 Å². The van der Waals surface area contributed by atoms with Gasteiger partial charge in [0.15, 0.2) is 0 Å². The first-order valence-electron chi connectivity index (χ1n) is 7.57. The Morgan fingerprint density at radius 3 is 2.44 bits per heavy atom. The van der Waals surface area contributed by atoms with Gasteiger partial charge in [-0.25, -0.2) is 0 Å². The van der Waals surface area contributed by atoms with Gasteiger partial charge in [0.05, 0.1) is 11.5 Å². The standard InChI is InChI=1S/C16H18N4O5/c1-11-16(20(24)25)12(2)19(17-11)9-8-14(21)18(10-15(22)23)13-6-4-3-5-7-13/h3-7H,8-10H2,1-2H3,(H,22,23). The lowest BCUT2D eigenvalue weighted by Crippen LogP contribution is -2.36. The normalized spacial score (nSPS) is 10.5. The smallest absolute Gasteiger partial charge is 0.323 e. The monoisotopic (exact) mass is 346 g/mol. The SMILES string of the molecule is Cc1nn(CCC(=O)N(CC(=O)O)c2ccccc2)c(C)c1[N+](=O)[O-]. The number of aliphatic carboxylic acids is 1. The van der Waals surface area contributed by atoms with Crippen molar-refractivity contribution in [3.05, 3.63) is 51.8 Å². The van der Waals surface area contributed by atoms with Gasteiger partial charge in [-0.1, -0.05) is 18.2 Å². The molecule has 0 radical (unpaired) electrons. The fraction of sp³-hybridized carbons (Fsp3) is 0.312. The van der Waals surface area contributed by atoms with Crippen LogP contribution in [0.2, 0.25) is 0 Å². The van der Waals surface area contributed by atoms with Gasteiger partial charge in [0.25, 0.3) is 0 Å². The summed E-state index contributed by atoms with van der Waals surface area (Å²) in [5.74, 6) is -1.53. The first-order valence-corrected chi connectivity index (χ1v) is 7.57. The minimum atomic E-state index is -1.13. The summed E-state index contributed by atoms with van der Waals surface area (Å²) in [5, 5.41) is 24.1. The molecule has 0 aliphatic heterocycles. The number of hydrogen-bond donors (Lipinski definition) is 1. The zero-order valence-electron chi connectivity index (χ0n) is 13.9. The molecule has 0 saturated heterocycles. The van der Waals surface area contributed by atoms with Crippen LogP contribution in [-0.4, -0.2) is 38.2 Å². The van der Waals surface area contributed by atoms with Crippen molar-refractivity contribution in [3.63, 3.8) is 0 Å². The second-order valence-electron chi connectivity index (χ2n) is 5.46. The van der Waals surface area contributed by atoms with E-state index in [0.29, 0.717) is 11.4 Å². The minimum Gasteiger partial charge on any atom is -0.480 e. The van der Waals surface area contributed by atoms with Gasteiger partial charge in [0.1, 0.15) is 17.9 Å². The molecular formula is C16H18N4O5. The summed E-state index contributed by atoms with van der Waals surface area (Å²) in [6.07, 6.45) is -0.0265. The number of rotatable bonds is 7. The fourth-order valence-corrected chi connectivity index (χ4v) is 2.57. The molecule has 0 spiro atoms. The topological polar surface area (TPSA) is 119 Å². The number of hydrogen-bond acceptors (Lipinski definition) is 5. The number of aromatic nitrogens is 2. The van der Waals surface area contributed by atoms with Gasteiger partial charge in [-0.15, -0.1) is 0 Å².